The van der Waals surface area contributed by atoms with Crippen LogP contribution in [0.5, 0.6) is 0 Å². The molecule has 0 amide bonds. The summed E-state index contributed by atoms with van der Waals surface area (Å²) in [7, 11) is 0. The molecule has 3 heteroatoms. The van der Waals surface area contributed by atoms with Gasteiger partial charge < -0.3 is 0 Å². The summed E-state index contributed by atoms with van der Waals surface area (Å²) < 4.78 is 0. The van der Waals surface area contributed by atoms with E-state index < -0.39 is 0 Å². The molecule has 0 bridgehead atoms. The van der Waals surface area contributed by atoms with Crippen LogP contribution in [0.3, 0.4) is 0 Å². The second-order valence-corrected chi connectivity index (χ2v) is 3.94. The topological polar surface area (TPSA) is 38.0 Å². The molecule has 0 fully saturated rings. The highest BCUT2D eigenvalue weighted by Crippen LogP contribution is 2.24. The molecule has 2 nitrogen and oxygen atoms in total. The Hall–Kier alpha value is -0.820. The molecule has 1 unspecified atom stereocenters. The largest absolute Gasteiger partial charge is 0.271 e. The van der Waals surface area contributed by atoms with Crippen LogP contribution in [0.2, 0.25) is 0 Å². The van der Waals surface area contributed by atoms with Crippen molar-refractivity contribution in [3.05, 3.63) is 21.9 Å². The smallest absolute Gasteiger partial charge is 0.0479 e. The van der Waals surface area contributed by atoms with E-state index in [1.165, 1.54) is 11.1 Å². The molecule has 0 saturated heterocycles. The zero-order valence-electron chi connectivity index (χ0n) is 8.63. The molecule has 0 aliphatic carbocycles. The van der Waals surface area contributed by atoms with Crippen LogP contribution in [0.25, 0.3) is 0 Å². The maximum absolute atomic E-state index is 5.52. The van der Waals surface area contributed by atoms with Crippen LogP contribution >= 0.6 is 11.3 Å². The highest BCUT2D eigenvalue weighted by Gasteiger charge is 2.11. The summed E-state index contributed by atoms with van der Waals surface area (Å²) in [6.45, 7) is 3.97. The Balaban J connectivity index is 2.61. The fraction of sp³-hybridized carbons (Fsp3) is 0.455. The number of nitrogens with one attached hydrogen (secondary N) is 1. The summed E-state index contributed by atoms with van der Waals surface area (Å²) in [4.78, 5) is 0. The molecule has 1 rings (SSSR count). The minimum Gasteiger partial charge on any atom is -0.271 e. The SMILES string of the molecule is CC#CCCC(NN)c1cscc1C. The van der Waals surface area contributed by atoms with Gasteiger partial charge in [-0.2, -0.15) is 11.3 Å². The standard InChI is InChI=1S/C11H16N2S/c1-3-4-5-6-11(13-12)10-8-14-7-9(10)2/h7-8,11,13H,5-6,12H2,1-2H3. The van der Waals surface area contributed by atoms with E-state index in [1.54, 1.807) is 11.3 Å². The molecule has 0 aromatic carbocycles. The van der Waals surface area contributed by atoms with Gasteiger partial charge in [-0.3, -0.25) is 11.3 Å². The predicted molar refractivity (Wildman–Crippen MR) is 61.8 cm³/mol. The summed E-state index contributed by atoms with van der Waals surface area (Å²) in [5.74, 6) is 11.5. The fourth-order valence-electron chi connectivity index (χ4n) is 1.40. The minimum atomic E-state index is 0.238. The van der Waals surface area contributed by atoms with E-state index in [0.29, 0.717) is 0 Å². The van der Waals surface area contributed by atoms with Crippen molar-refractivity contribution in [3.63, 3.8) is 0 Å². The van der Waals surface area contributed by atoms with Crippen LogP contribution in [0.4, 0.5) is 0 Å². The third-order valence-corrected chi connectivity index (χ3v) is 3.09. The van der Waals surface area contributed by atoms with E-state index in [0.717, 1.165) is 12.8 Å². The number of hydrogen-bond acceptors (Lipinski definition) is 3. The zero-order valence-corrected chi connectivity index (χ0v) is 9.45. The lowest BCUT2D eigenvalue weighted by molar-refractivity contribution is 0.523. The maximum atomic E-state index is 5.52. The minimum absolute atomic E-state index is 0.238. The average Bonchev–Trinajstić information content (AvgIpc) is 2.60. The zero-order chi connectivity index (χ0) is 10.4. The van der Waals surface area contributed by atoms with Crippen LogP contribution in [-0.2, 0) is 0 Å². The lowest BCUT2D eigenvalue weighted by Crippen LogP contribution is -2.28. The van der Waals surface area contributed by atoms with Gasteiger partial charge >= 0.3 is 0 Å². The molecule has 0 saturated carbocycles. The van der Waals surface area contributed by atoms with Crippen molar-refractivity contribution < 1.29 is 0 Å². The van der Waals surface area contributed by atoms with Crippen LogP contribution in [0, 0.1) is 18.8 Å². The first kappa shape index (κ1) is 11.3. The third-order valence-electron chi connectivity index (χ3n) is 2.21. The van der Waals surface area contributed by atoms with E-state index in [1.807, 2.05) is 6.92 Å². The van der Waals surface area contributed by atoms with Gasteiger partial charge in [0, 0.05) is 12.5 Å². The van der Waals surface area contributed by atoms with Crippen molar-refractivity contribution >= 4 is 11.3 Å². The molecule has 1 atom stereocenters. The first-order valence-electron chi connectivity index (χ1n) is 4.68. The van der Waals surface area contributed by atoms with Crippen molar-refractivity contribution in [3.8, 4) is 11.8 Å². The van der Waals surface area contributed by atoms with E-state index in [4.69, 9.17) is 5.84 Å². The Kier molecular flexibility index (Phi) is 4.68. The molecule has 0 aliphatic heterocycles. The van der Waals surface area contributed by atoms with Gasteiger partial charge in [-0.1, -0.05) is 0 Å². The molecule has 0 radical (unpaired) electrons. The molecule has 0 spiro atoms. The van der Waals surface area contributed by atoms with Gasteiger partial charge in [0.05, 0.1) is 0 Å². The van der Waals surface area contributed by atoms with Gasteiger partial charge in [0.25, 0.3) is 0 Å². The summed E-state index contributed by atoms with van der Waals surface area (Å²) >= 11 is 1.72. The molecule has 1 heterocycles. The van der Waals surface area contributed by atoms with Crippen LogP contribution in [0.1, 0.15) is 36.9 Å². The van der Waals surface area contributed by atoms with Gasteiger partial charge in [-0.15, -0.1) is 11.8 Å². The molecular weight excluding hydrogens is 192 g/mol. The Morgan fingerprint density at radius 1 is 1.57 bits per heavy atom. The van der Waals surface area contributed by atoms with Gasteiger partial charge in [-0.05, 0) is 42.2 Å². The van der Waals surface area contributed by atoms with Crippen molar-refractivity contribution in [2.24, 2.45) is 5.84 Å². The highest BCUT2D eigenvalue weighted by atomic mass is 32.1. The first-order valence-corrected chi connectivity index (χ1v) is 5.62. The average molecular weight is 208 g/mol. The number of hydrazine groups is 1. The van der Waals surface area contributed by atoms with Crippen molar-refractivity contribution in [1.82, 2.24) is 5.43 Å². The molecular formula is C11H16N2S. The summed E-state index contributed by atoms with van der Waals surface area (Å²) in [5.41, 5.74) is 5.45. The van der Waals surface area contributed by atoms with Crippen molar-refractivity contribution in [2.75, 3.05) is 0 Å². The lowest BCUT2D eigenvalue weighted by Gasteiger charge is -2.14. The van der Waals surface area contributed by atoms with E-state index in [-0.39, 0.29) is 6.04 Å². The number of thiophene rings is 1. The summed E-state index contributed by atoms with van der Waals surface area (Å²) in [6.07, 6.45) is 1.86. The van der Waals surface area contributed by atoms with Crippen molar-refractivity contribution in [2.45, 2.75) is 32.7 Å². The van der Waals surface area contributed by atoms with E-state index in [2.05, 4.69) is 35.0 Å². The van der Waals surface area contributed by atoms with Gasteiger partial charge in [0.15, 0.2) is 0 Å². The number of hydrogen-bond donors (Lipinski definition) is 2. The molecule has 1 aromatic rings. The maximum Gasteiger partial charge on any atom is 0.0479 e. The Morgan fingerprint density at radius 3 is 2.86 bits per heavy atom. The number of aryl methyl sites for hydroxylation is 1. The molecule has 14 heavy (non-hydrogen) atoms. The molecule has 3 N–H and O–H groups in total. The second kappa shape index (κ2) is 5.82. The predicted octanol–water partition coefficient (Wildman–Crippen LogP) is 2.36. The fourth-order valence-corrected chi connectivity index (χ4v) is 2.30. The third kappa shape index (κ3) is 2.85. The monoisotopic (exact) mass is 208 g/mol. The van der Waals surface area contributed by atoms with Gasteiger partial charge in [0.1, 0.15) is 0 Å². The Morgan fingerprint density at radius 2 is 2.36 bits per heavy atom. The lowest BCUT2D eigenvalue weighted by atomic mass is 10.0. The molecule has 0 aliphatic rings. The van der Waals surface area contributed by atoms with Gasteiger partial charge in [-0.25, -0.2) is 0 Å². The quantitative estimate of drug-likeness (QED) is 0.453. The number of rotatable bonds is 4. The van der Waals surface area contributed by atoms with E-state index >= 15 is 0 Å². The first-order chi connectivity index (χ1) is 6.79. The van der Waals surface area contributed by atoms with E-state index in [9.17, 15) is 0 Å². The summed E-state index contributed by atoms with van der Waals surface area (Å²) in [6, 6.07) is 0.238. The Labute approximate surface area is 89.5 Å². The molecule has 76 valence electrons. The van der Waals surface area contributed by atoms with Crippen molar-refractivity contribution in [1.29, 1.82) is 0 Å². The van der Waals surface area contributed by atoms with Crippen LogP contribution in [-0.4, -0.2) is 0 Å². The molecule has 1 aromatic heterocycles. The number of nitrogens with two attached hydrogens (primary N) is 1. The normalized spacial score (nSPS) is 11.9. The second-order valence-electron chi connectivity index (χ2n) is 3.19. The van der Waals surface area contributed by atoms with Crippen LogP contribution < -0.4 is 11.3 Å². The Bertz CT molecular complexity index is 333. The van der Waals surface area contributed by atoms with Crippen LogP contribution in [0.15, 0.2) is 10.8 Å². The summed E-state index contributed by atoms with van der Waals surface area (Å²) in [5, 5.41) is 4.30. The highest BCUT2D eigenvalue weighted by molar-refractivity contribution is 7.08. The van der Waals surface area contributed by atoms with Gasteiger partial charge in [0.2, 0.25) is 0 Å².